The van der Waals surface area contributed by atoms with Crippen molar-refractivity contribution < 1.29 is 14.3 Å². The minimum atomic E-state index is -0.503. The van der Waals surface area contributed by atoms with E-state index in [-0.39, 0.29) is 0 Å². The van der Waals surface area contributed by atoms with E-state index in [0.717, 1.165) is 64.2 Å². The zero-order chi connectivity index (χ0) is 31.9. The Balaban J connectivity index is 3.35. The number of rotatable bonds is 32. The van der Waals surface area contributed by atoms with E-state index in [4.69, 9.17) is 9.47 Å². The van der Waals surface area contributed by atoms with Crippen LogP contribution in [0.5, 0.6) is 0 Å². The van der Waals surface area contributed by atoms with Gasteiger partial charge in [0.15, 0.2) is 0 Å². The number of carbonyl (C=O) groups excluding carboxylic acids is 1. The summed E-state index contributed by atoms with van der Waals surface area (Å²) in [4.78, 5) is 11.7. The number of allylic oxidation sites excluding steroid dienone is 12. The Hall–Kier alpha value is -2.29. The van der Waals surface area contributed by atoms with Gasteiger partial charge in [0.25, 0.3) is 0 Å². The minimum absolute atomic E-state index is 0.466. The van der Waals surface area contributed by atoms with E-state index in [9.17, 15) is 4.79 Å². The van der Waals surface area contributed by atoms with Crippen LogP contribution >= 0.6 is 0 Å². The van der Waals surface area contributed by atoms with Crippen molar-refractivity contribution in [1.82, 2.24) is 0 Å². The van der Waals surface area contributed by atoms with Crippen molar-refractivity contribution in [2.75, 3.05) is 13.2 Å². The normalized spacial score (nSPS) is 12.4. The van der Waals surface area contributed by atoms with Crippen LogP contribution in [0.3, 0.4) is 0 Å². The summed E-state index contributed by atoms with van der Waals surface area (Å²) in [7, 11) is 0. The molecule has 0 aliphatic rings. The van der Waals surface area contributed by atoms with Crippen molar-refractivity contribution in [3.63, 3.8) is 0 Å². The molecule has 0 unspecified atom stereocenters. The molecule has 0 saturated carbocycles. The summed E-state index contributed by atoms with van der Waals surface area (Å²) < 4.78 is 10.4. The molecular weight excluding hydrogens is 540 g/mol. The maximum Gasteiger partial charge on any atom is 0.508 e. The summed E-state index contributed by atoms with van der Waals surface area (Å²) in [5.41, 5.74) is 0. The number of hydrogen-bond acceptors (Lipinski definition) is 3. The van der Waals surface area contributed by atoms with Gasteiger partial charge in [-0.3, -0.25) is 0 Å². The lowest BCUT2D eigenvalue weighted by Gasteiger charge is -2.06. The molecule has 0 saturated heterocycles. The average Bonchev–Trinajstić information content (AvgIpc) is 3.03. The van der Waals surface area contributed by atoms with Crippen molar-refractivity contribution in [2.24, 2.45) is 0 Å². The molecule has 0 aliphatic carbocycles. The van der Waals surface area contributed by atoms with Gasteiger partial charge in [-0.15, -0.1) is 0 Å². The summed E-state index contributed by atoms with van der Waals surface area (Å²) in [6, 6.07) is 0. The maximum atomic E-state index is 11.7. The summed E-state index contributed by atoms with van der Waals surface area (Å²) >= 11 is 0. The van der Waals surface area contributed by atoms with Crippen LogP contribution < -0.4 is 0 Å². The highest BCUT2D eigenvalue weighted by Gasteiger charge is 2.03. The van der Waals surface area contributed by atoms with Gasteiger partial charge in [0, 0.05) is 0 Å². The molecule has 0 aromatic heterocycles. The second-order valence-corrected chi connectivity index (χ2v) is 11.8. The van der Waals surface area contributed by atoms with Crippen molar-refractivity contribution in [3.8, 4) is 0 Å². The Morgan fingerprint density at radius 1 is 0.386 bits per heavy atom. The van der Waals surface area contributed by atoms with Gasteiger partial charge in [0.2, 0.25) is 0 Å². The first kappa shape index (κ1) is 41.7. The Kier molecular flexibility index (Phi) is 36.7. The molecule has 44 heavy (non-hydrogen) atoms. The minimum Gasteiger partial charge on any atom is -0.434 e. The van der Waals surface area contributed by atoms with Crippen LogP contribution in [0.4, 0.5) is 4.79 Å². The van der Waals surface area contributed by atoms with Crippen LogP contribution in [0, 0.1) is 0 Å². The molecule has 0 amide bonds. The lowest BCUT2D eigenvalue weighted by Crippen LogP contribution is -2.09. The second-order valence-electron chi connectivity index (χ2n) is 11.8. The van der Waals surface area contributed by atoms with Gasteiger partial charge in [-0.25, -0.2) is 4.79 Å². The van der Waals surface area contributed by atoms with Gasteiger partial charge in [-0.1, -0.05) is 157 Å². The molecule has 0 spiro atoms. The molecule has 3 nitrogen and oxygen atoms in total. The number of unbranched alkanes of at least 4 members (excludes halogenated alkanes) is 16. The SMILES string of the molecule is CC/C=C\C/C=C\C/C=C\C/C=C\C/C=C\CCCCCCOC(=O)OCCCCCCCC/C=C\CCCCCCCC. The van der Waals surface area contributed by atoms with E-state index >= 15 is 0 Å². The van der Waals surface area contributed by atoms with Crippen LogP contribution in [0.15, 0.2) is 72.9 Å². The summed E-state index contributed by atoms with van der Waals surface area (Å²) in [6.07, 6.45) is 55.1. The van der Waals surface area contributed by atoms with E-state index in [1.54, 1.807) is 0 Å². The van der Waals surface area contributed by atoms with Gasteiger partial charge in [-0.2, -0.15) is 0 Å². The number of ether oxygens (including phenoxy) is 2. The Morgan fingerprint density at radius 2 is 0.705 bits per heavy atom. The third kappa shape index (κ3) is 37.7. The first-order chi connectivity index (χ1) is 21.8. The van der Waals surface area contributed by atoms with E-state index < -0.39 is 6.16 Å². The average molecular weight is 611 g/mol. The molecule has 0 aromatic carbocycles. The van der Waals surface area contributed by atoms with Crippen molar-refractivity contribution in [3.05, 3.63) is 72.9 Å². The maximum absolute atomic E-state index is 11.7. The number of carbonyl (C=O) groups is 1. The van der Waals surface area contributed by atoms with E-state index in [1.807, 2.05) is 0 Å². The van der Waals surface area contributed by atoms with E-state index in [2.05, 4.69) is 86.8 Å². The van der Waals surface area contributed by atoms with Crippen LogP contribution in [0.2, 0.25) is 0 Å². The Labute approximate surface area is 274 Å². The summed E-state index contributed by atoms with van der Waals surface area (Å²) in [5, 5.41) is 0. The van der Waals surface area contributed by atoms with Crippen molar-refractivity contribution >= 4 is 6.16 Å². The quantitative estimate of drug-likeness (QED) is 0.0432. The van der Waals surface area contributed by atoms with E-state index in [0.29, 0.717) is 13.2 Å². The molecule has 252 valence electrons. The van der Waals surface area contributed by atoms with Gasteiger partial charge in [0.05, 0.1) is 13.2 Å². The second kappa shape index (κ2) is 38.7. The highest BCUT2D eigenvalue weighted by Crippen LogP contribution is 2.10. The predicted octanol–water partition coefficient (Wildman–Crippen LogP) is 13.9. The molecule has 0 aliphatic heterocycles. The van der Waals surface area contributed by atoms with Crippen LogP contribution in [-0.4, -0.2) is 19.4 Å². The van der Waals surface area contributed by atoms with Crippen molar-refractivity contribution in [1.29, 1.82) is 0 Å². The molecule has 0 radical (unpaired) electrons. The molecule has 0 N–H and O–H groups in total. The third-order valence-corrected chi connectivity index (χ3v) is 7.52. The van der Waals surface area contributed by atoms with Crippen LogP contribution in [-0.2, 0) is 9.47 Å². The fraction of sp³-hybridized carbons (Fsp3) is 0.683. The first-order valence-electron chi connectivity index (χ1n) is 18.5. The molecule has 0 rings (SSSR count). The lowest BCUT2D eigenvalue weighted by atomic mass is 10.1. The molecule has 0 heterocycles. The van der Waals surface area contributed by atoms with Gasteiger partial charge < -0.3 is 9.47 Å². The lowest BCUT2D eigenvalue weighted by molar-refractivity contribution is 0.0529. The topological polar surface area (TPSA) is 35.5 Å². The summed E-state index contributed by atoms with van der Waals surface area (Å²) in [6.45, 7) is 5.38. The molecule has 0 bridgehead atoms. The van der Waals surface area contributed by atoms with Crippen LogP contribution in [0.25, 0.3) is 0 Å². The smallest absolute Gasteiger partial charge is 0.434 e. The van der Waals surface area contributed by atoms with Gasteiger partial charge in [0.1, 0.15) is 0 Å². The zero-order valence-electron chi connectivity index (χ0n) is 29.0. The van der Waals surface area contributed by atoms with Crippen molar-refractivity contribution in [2.45, 2.75) is 168 Å². The first-order valence-corrected chi connectivity index (χ1v) is 18.5. The highest BCUT2D eigenvalue weighted by atomic mass is 16.7. The van der Waals surface area contributed by atoms with Gasteiger partial charge >= 0.3 is 6.16 Å². The summed E-state index contributed by atoms with van der Waals surface area (Å²) in [5.74, 6) is 0. The number of hydrogen-bond donors (Lipinski definition) is 0. The fourth-order valence-electron chi connectivity index (χ4n) is 4.79. The molecule has 0 atom stereocenters. The van der Waals surface area contributed by atoms with Gasteiger partial charge in [-0.05, 0) is 83.5 Å². The molecular formula is C41H70O3. The Bertz CT molecular complexity index is 756. The fourth-order valence-corrected chi connectivity index (χ4v) is 4.79. The molecule has 3 heteroatoms. The van der Waals surface area contributed by atoms with E-state index in [1.165, 1.54) is 89.9 Å². The predicted molar refractivity (Wildman–Crippen MR) is 194 cm³/mol. The Morgan fingerprint density at radius 3 is 1.11 bits per heavy atom. The largest absolute Gasteiger partial charge is 0.508 e. The van der Waals surface area contributed by atoms with Crippen LogP contribution in [0.1, 0.15) is 168 Å². The standard InChI is InChI=1S/C41H70O3/c1-3-5-7-9-11-13-15-17-19-21-22-23-24-26-28-30-32-34-36-38-40-44-41(42)43-39-37-35-33-31-29-27-25-20-18-16-14-12-10-8-6-4-2/h5,7,11,13,17-20,22-23,26,28H,3-4,6,8-10,12,14-16,21,24-25,27,29-40H2,1-2H3/b7-5-,13-11-,19-17-,20-18-,23-22-,28-26-. The highest BCUT2D eigenvalue weighted by molar-refractivity contribution is 5.59. The molecule has 0 aromatic rings. The molecule has 0 fully saturated rings. The monoisotopic (exact) mass is 611 g/mol. The zero-order valence-corrected chi connectivity index (χ0v) is 29.0. The third-order valence-electron chi connectivity index (χ3n) is 7.52.